The molecule has 0 spiro atoms. The van der Waals surface area contributed by atoms with E-state index in [-0.39, 0.29) is 5.91 Å². The van der Waals surface area contributed by atoms with Gasteiger partial charge in [0.25, 0.3) is 5.91 Å². The van der Waals surface area contributed by atoms with E-state index in [2.05, 4.69) is 24.2 Å². The van der Waals surface area contributed by atoms with Gasteiger partial charge >= 0.3 is 0 Å². The molecule has 1 amide bonds. The van der Waals surface area contributed by atoms with Crippen LogP contribution in [0.2, 0.25) is 0 Å². The smallest absolute Gasteiger partial charge is 0.251 e. The van der Waals surface area contributed by atoms with Crippen LogP contribution in [0, 0.1) is 0 Å². The number of benzene rings is 2. The number of ether oxygens (including phenoxy) is 1. The summed E-state index contributed by atoms with van der Waals surface area (Å²) in [7, 11) is 2.13. The molecule has 3 rings (SSSR count). The van der Waals surface area contributed by atoms with Gasteiger partial charge in [-0.25, -0.2) is 0 Å². The zero-order valence-corrected chi connectivity index (χ0v) is 14.2. The first kappa shape index (κ1) is 16.5. The first-order chi connectivity index (χ1) is 11.6. The second-order valence-electron chi connectivity index (χ2n) is 6.40. The predicted octanol–water partition coefficient (Wildman–Crippen LogP) is 3.69. The van der Waals surface area contributed by atoms with Crippen LogP contribution < -0.4 is 10.1 Å². The topological polar surface area (TPSA) is 41.6 Å². The van der Waals surface area contributed by atoms with Crippen molar-refractivity contribution in [2.75, 3.05) is 13.6 Å². The van der Waals surface area contributed by atoms with E-state index in [4.69, 9.17) is 4.74 Å². The van der Waals surface area contributed by atoms with E-state index in [0.29, 0.717) is 29.9 Å². The van der Waals surface area contributed by atoms with Crippen molar-refractivity contribution in [2.24, 2.45) is 0 Å². The van der Waals surface area contributed by atoms with Crippen molar-refractivity contribution in [3.8, 4) is 11.5 Å². The number of hydrogen-bond donors (Lipinski definition) is 1. The third kappa shape index (κ3) is 4.36. The van der Waals surface area contributed by atoms with Crippen molar-refractivity contribution in [1.29, 1.82) is 0 Å². The van der Waals surface area contributed by atoms with Gasteiger partial charge in [-0.2, -0.15) is 0 Å². The van der Waals surface area contributed by atoms with E-state index in [1.807, 2.05) is 48.5 Å². The van der Waals surface area contributed by atoms with Gasteiger partial charge in [0.05, 0.1) is 0 Å². The first-order valence-electron chi connectivity index (χ1n) is 8.46. The molecule has 1 saturated carbocycles. The first-order valence-corrected chi connectivity index (χ1v) is 8.46. The van der Waals surface area contributed by atoms with Gasteiger partial charge < -0.3 is 10.1 Å². The SMILES string of the molecule is CC(CNC(=O)c1cccc(Oc2ccccc2)c1)N(C)C1CC1. The van der Waals surface area contributed by atoms with Crippen LogP contribution in [-0.2, 0) is 0 Å². The molecule has 4 nitrogen and oxygen atoms in total. The van der Waals surface area contributed by atoms with Gasteiger partial charge in [0.2, 0.25) is 0 Å². The molecular weight excluding hydrogens is 300 g/mol. The molecule has 1 unspecified atom stereocenters. The van der Waals surface area contributed by atoms with Crippen LogP contribution in [0.15, 0.2) is 54.6 Å². The highest BCUT2D eigenvalue weighted by atomic mass is 16.5. The summed E-state index contributed by atoms with van der Waals surface area (Å²) in [5, 5.41) is 3.02. The number of para-hydroxylation sites is 1. The lowest BCUT2D eigenvalue weighted by atomic mass is 10.2. The molecule has 2 aromatic carbocycles. The molecule has 4 heteroatoms. The molecule has 0 bridgehead atoms. The Kier molecular flexibility index (Phi) is 5.16. The lowest BCUT2D eigenvalue weighted by Crippen LogP contribution is -2.41. The minimum absolute atomic E-state index is 0.0652. The molecule has 1 atom stereocenters. The third-order valence-electron chi connectivity index (χ3n) is 4.45. The number of nitrogens with one attached hydrogen (secondary N) is 1. The van der Waals surface area contributed by atoms with E-state index in [1.165, 1.54) is 12.8 Å². The molecule has 0 aliphatic heterocycles. The van der Waals surface area contributed by atoms with Crippen molar-refractivity contribution >= 4 is 5.91 Å². The van der Waals surface area contributed by atoms with Crippen molar-refractivity contribution in [1.82, 2.24) is 10.2 Å². The number of likely N-dealkylation sites (N-methyl/N-ethyl adjacent to an activating group) is 1. The summed E-state index contributed by atoms with van der Waals surface area (Å²) in [6, 6.07) is 17.9. The second kappa shape index (κ2) is 7.49. The Morgan fingerprint density at radius 1 is 1.17 bits per heavy atom. The summed E-state index contributed by atoms with van der Waals surface area (Å²) in [5.74, 6) is 1.36. The fraction of sp³-hybridized carbons (Fsp3) is 0.350. The van der Waals surface area contributed by atoms with Crippen molar-refractivity contribution in [3.05, 3.63) is 60.2 Å². The molecule has 0 saturated heterocycles. The Bertz CT molecular complexity index is 683. The van der Waals surface area contributed by atoms with Gasteiger partial charge in [0.15, 0.2) is 0 Å². The highest BCUT2D eigenvalue weighted by molar-refractivity contribution is 5.94. The number of amides is 1. The van der Waals surface area contributed by atoms with Crippen LogP contribution in [-0.4, -0.2) is 36.5 Å². The lowest BCUT2D eigenvalue weighted by molar-refractivity contribution is 0.0939. The number of nitrogens with zero attached hydrogens (tertiary/aromatic N) is 1. The summed E-state index contributed by atoms with van der Waals surface area (Å²) in [6.45, 7) is 2.79. The lowest BCUT2D eigenvalue weighted by Gasteiger charge is -2.24. The number of carbonyl (C=O) groups excluding carboxylic acids is 1. The maximum atomic E-state index is 12.4. The summed E-state index contributed by atoms with van der Waals surface area (Å²) >= 11 is 0. The molecule has 0 heterocycles. The Morgan fingerprint density at radius 2 is 1.88 bits per heavy atom. The van der Waals surface area contributed by atoms with Gasteiger partial charge in [0, 0.05) is 24.2 Å². The van der Waals surface area contributed by atoms with Crippen LogP contribution >= 0.6 is 0 Å². The van der Waals surface area contributed by atoms with E-state index < -0.39 is 0 Å². The average molecular weight is 324 g/mol. The van der Waals surface area contributed by atoms with Gasteiger partial charge in [0.1, 0.15) is 11.5 Å². The normalized spacial score (nSPS) is 15.1. The number of hydrogen-bond acceptors (Lipinski definition) is 3. The molecule has 2 aromatic rings. The van der Waals surface area contributed by atoms with Crippen molar-refractivity contribution in [2.45, 2.75) is 31.8 Å². The largest absolute Gasteiger partial charge is 0.457 e. The third-order valence-corrected chi connectivity index (χ3v) is 4.45. The zero-order valence-electron chi connectivity index (χ0n) is 14.2. The molecule has 126 valence electrons. The molecular formula is C20H24N2O2. The Morgan fingerprint density at radius 3 is 2.58 bits per heavy atom. The van der Waals surface area contributed by atoms with Crippen LogP contribution in [0.1, 0.15) is 30.1 Å². The molecule has 0 radical (unpaired) electrons. The fourth-order valence-electron chi connectivity index (χ4n) is 2.65. The van der Waals surface area contributed by atoms with Crippen LogP contribution in [0.25, 0.3) is 0 Å². The molecule has 1 fully saturated rings. The molecule has 24 heavy (non-hydrogen) atoms. The van der Waals surface area contributed by atoms with Crippen LogP contribution in [0.4, 0.5) is 0 Å². The Hall–Kier alpha value is -2.33. The fourth-order valence-corrected chi connectivity index (χ4v) is 2.65. The Labute approximate surface area is 143 Å². The van der Waals surface area contributed by atoms with Gasteiger partial charge in [-0.05, 0) is 57.1 Å². The summed E-state index contributed by atoms with van der Waals surface area (Å²) < 4.78 is 5.78. The highest BCUT2D eigenvalue weighted by Gasteiger charge is 2.29. The average Bonchev–Trinajstić information content (AvgIpc) is 3.45. The number of carbonyl (C=O) groups is 1. The standard InChI is InChI=1S/C20H24N2O2/c1-15(22(2)17-11-12-17)14-21-20(23)16-7-6-10-19(13-16)24-18-8-4-3-5-9-18/h3-10,13,15,17H,11-12,14H2,1-2H3,(H,21,23). The van der Waals surface area contributed by atoms with Gasteiger partial charge in [-0.1, -0.05) is 24.3 Å². The maximum absolute atomic E-state index is 12.4. The van der Waals surface area contributed by atoms with E-state index in [1.54, 1.807) is 6.07 Å². The highest BCUT2D eigenvalue weighted by Crippen LogP contribution is 2.26. The van der Waals surface area contributed by atoms with Crippen LogP contribution in [0.5, 0.6) is 11.5 Å². The van der Waals surface area contributed by atoms with Gasteiger partial charge in [-0.15, -0.1) is 0 Å². The summed E-state index contributed by atoms with van der Waals surface area (Å²) in [5.41, 5.74) is 0.615. The minimum atomic E-state index is -0.0652. The minimum Gasteiger partial charge on any atom is -0.457 e. The van der Waals surface area contributed by atoms with Crippen molar-refractivity contribution in [3.63, 3.8) is 0 Å². The second-order valence-corrected chi connectivity index (χ2v) is 6.40. The number of rotatable bonds is 7. The molecule has 1 aliphatic rings. The quantitative estimate of drug-likeness (QED) is 0.844. The maximum Gasteiger partial charge on any atom is 0.251 e. The van der Waals surface area contributed by atoms with E-state index >= 15 is 0 Å². The van der Waals surface area contributed by atoms with Crippen molar-refractivity contribution < 1.29 is 9.53 Å². The summed E-state index contributed by atoms with van der Waals surface area (Å²) in [4.78, 5) is 14.7. The van der Waals surface area contributed by atoms with Crippen LogP contribution in [0.3, 0.4) is 0 Å². The molecule has 0 aromatic heterocycles. The Balaban J connectivity index is 1.57. The van der Waals surface area contributed by atoms with Gasteiger partial charge in [-0.3, -0.25) is 9.69 Å². The summed E-state index contributed by atoms with van der Waals surface area (Å²) in [6.07, 6.45) is 2.54. The molecule has 1 aliphatic carbocycles. The van der Waals surface area contributed by atoms with E-state index in [0.717, 1.165) is 5.75 Å². The monoisotopic (exact) mass is 324 g/mol. The zero-order chi connectivity index (χ0) is 16.9. The molecule has 1 N–H and O–H groups in total. The van der Waals surface area contributed by atoms with E-state index in [9.17, 15) is 4.79 Å². The predicted molar refractivity (Wildman–Crippen MR) is 95.5 cm³/mol.